The molecule has 1 aliphatic heterocycles. The molecule has 0 saturated carbocycles. The van der Waals surface area contributed by atoms with Crippen molar-refractivity contribution in [2.24, 2.45) is 0 Å². The Labute approximate surface area is 169 Å². The summed E-state index contributed by atoms with van der Waals surface area (Å²) in [6, 6.07) is 5.61. The lowest BCUT2D eigenvalue weighted by molar-refractivity contribution is -0.139. The maximum Gasteiger partial charge on any atom is 0.417 e. The van der Waals surface area contributed by atoms with E-state index in [1.54, 1.807) is 0 Å². The van der Waals surface area contributed by atoms with Crippen molar-refractivity contribution < 1.29 is 38.8 Å². The van der Waals surface area contributed by atoms with E-state index in [9.17, 15) is 38.8 Å². The monoisotopic (exact) mass is 470 g/mol. The molecule has 0 radical (unpaired) electrons. The summed E-state index contributed by atoms with van der Waals surface area (Å²) in [4.78, 5) is -1.71. The van der Waals surface area contributed by atoms with Crippen LogP contribution in [0, 0.1) is 11.6 Å². The zero-order valence-corrected chi connectivity index (χ0v) is 16.7. The fraction of sp³-hybridized carbons (Fsp3) is 0.294. The molecule has 0 N–H and O–H groups in total. The highest BCUT2D eigenvalue weighted by molar-refractivity contribution is 7.89. The Morgan fingerprint density at radius 2 is 1.23 bits per heavy atom. The minimum absolute atomic E-state index is 0.404. The molecule has 0 spiro atoms. The molecular formula is C17H15F5N2O4S2. The van der Waals surface area contributed by atoms with Gasteiger partial charge in [0.25, 0.3) is 0 Å². The molecule has 1 aliphatic rings. The van der Waals surface area contributed by atoms with Crippen molar-refractivity contribution in [1.82, 2.24) is 8.61 Å². The van der Waals surface area contributed by atoms with E-state index in [-0.39, 0.29) is 0 Å². The van der Waals surface area contributed by atoms with Crippen LogP contribution in [0.5, 0.6) is 0 Å². The third kappa shape index (κ3) is 4.19. The van der Waals surface area contributed by atoms with Crippen molar-refractivity contribution >= 4 is 20.0 Å². The topological polar surface area (TPSA) is 74.8 Å². The predicted molar refractivity (Wildman–Crippen MR) is 95.3 cm³/mol. The van der Waals surface area contributed by atoms with Crippen LogP contribution in [-0.2, 0) is 26.2 Å². The molecule has 0 bridgehead atoms. The largest absolute Gasteiger partial charge is 0.417 e. The van der Waals surface area contributed by atoms with Gasteiger partial charge in [-0.2, -0.15) is 21.8 Å². The van der Waals surface area contributed by atoms with E-state index in [1.165, 1.54) is 0 Å². The van der Waals surface area contributed by atoms with Crippen LogP contribution < -0.4 is 0 Å². The molecule has 0 unspecified atom stereocenters. The Hall–Kier alpha value is -2.09. The standard InChI is InChI=1S/C17H15F5N2O4S2/c18-12-5-6-16(14(19)11-12)30(27,28)24-9-7-23(8-10-24)29(25,26)15-4-2-1-3-13(15)17(20,21)22/h1-6,11H,7-10H2. The zero-order chi connectivity index (χ0) is 22.3. The van der Waals surface area contributed by atoms with Crippen LogP contribution >= 0.6 is 0 Å². The second kappa shape index (κ2) is 7.87. The first-order valence-corrected chi connectivity index (χ1v) is 11.3. The summed E-state index contributed by atoms with van der Waals surface area (Å²) >= 11 is 0. The van der Waals surface area contributed by atoms with Gasteiger partial charge in [0.15, 0.2) is 0 Å². The fourth-order valence-corrected chi connectivity index (χ4v) is 6.14. The molecule has 13 heteroatoms. The third-order valence-electron chi connectivity index (χ3n) is 4.52. The smallest absolute Gasteiger partial charge is 0.207 e. The van der Waals surface area contributed by atoms with Gasteiger partial charge >= 0.3 is 6.18 Å². The molecule has 2 aromatic rings. The number of nitrogens with zero attached hydrogens (tertiary/aromatic N) is 2. The highest BCUT2D eigenvalue weighted by atomic mass is 32.2. The summed E-state index contributed by atoms with van der Waals surface area (Å²) < 4.78 is 119. The van der Waals surface area contributed by atoms with Gasteiger partial charge in [-0.05, 0) is 24.3 Å². The Morgan fingerprint density at radius 3 is 1.73 bits per heavy atom. The molecule has 1 saturated heterocycles. The molecule has 0 atom stereocenters. The van der Waals surface area contributed by atoms with E-state index in [0.717, 1.165) is 38.9 Å². The summed E-state index contributed by atoms with van der Waals surface area (Å²) in [7, 11) is -8.94. The van der Waals surface area contributed by atoms with Gasteiger partial charge in [0.05, 0.1) is 10.5 Å². The van der Waals surface area contributed by atoms with Crippen LogP contribution in [0.25, 0.3) is 0 Å². The first-order valence-electron chi connectivity index (χ1n) is 8.47. The van der Waals surface area contributed by atoms with Crippen molar-refractivity contribution in [2.45, 2.75) is 16.0 Å². The van der Waals surface area contributed by atoms with Crippen LogP contribution in [0.15, 0.2) is 52.3 Å². The zero-order valence-electron chi connectivity index (χ0n) is 15.1. The first kappa shape index (κ1) is 22.6. The van der Waals surface area contributed by atoms with E-state index < -0.39 is 79.4 Å². The lowest BCUT2D eigenvalue weighted by Crippen LogP contribution is -2.50. The minimum Gasteiger partial charge on any atom is -0.207 e. The number of halogens is 5. The number of alkyl halides is 3. The Morgan fingerprint density at radius 1 is 0.733 bits per heavy atom. The van der Waals surface area contributed by atoms with E-state index in [4.69, 9.17) is 0 Å². The van der Waals surface area contributed by atoms with Crippen LogP contribution in [0.4, 0.5) is 22.0 Å². The van der Waals surface area contributed by atoms with E-state index in [2.05, 4.69) is 0 Å². The van der Waals surface area contributed by atoms with Crippen molar-refractivity contribution in [1.29, 1.82) is 0 Å². The summed E-state index contributed by atoms with van der Waals surface area (Å²) in [6.45, 7) is -1.69. The first-order chi connectivity index (χ1) is 13.8. The molecule has 30 heavy (non-hydrogen) atoms. The minimum atomic E-state index is -4.89. The Balaban J connectivity index is 1.84. The molecule has 1 fully saturated rings. The van der Waals surface area contributed by atoms with Gasteiger partial charge in [0.2, 0.25) is 20.0 Å². The maximum atomic E-state index is 13.9. The van der Waals surface area contributed by atoms with E-state index in [0.29, 0.717) is 12.1 Å². The van der Waals surface area contributed by atoms with Crippen molar-refractivity contribution in [3.05, 3.63) is 59.7 Å². The maximum absolute atomic E-state index is 13.9. The summed E-state index contributed by atoms with van der Waals surface area (Å²) in [5.74, 6) is -2.27. The fourth-order valence-electron chi connectivity index (χ4n) is 3.04. The number of rotatable bonds is 4. The molecule has 6 nitrogen and oxygen atoms in total. The van der Waals surface area contributed by atoms with Crippen LogP contribution in [0.2, 0.25) is 0 Å². The summed E-state index contributed by atoms with van der Waals surface area (Å²) in [5, 5.41) is 0. The quantitative estimate of drug-likeness (QED) is 0.644. The molecule has 0 amide bonds. The Bertz CT molecular complexity index is 1160. The number of piperazine rings is 1. The molecule has 0 aromatic heterocycles. The van der Waals surface area contributed by atoms with Crippen molar-refractivity contribution in [3.8, 4) is 0 Å². The average molecular weight is 470 g/mol. The lowest BCUT2D eigenvalue weighted by atomic mass is 10.2. The van der Waals surface area contributed by atoms with Gasteiger partial charge in [-0.25, -0.2) is 25.6 Å². The Kier molecular flexibility index (Phi) is 5.93. The highest BCUT2D eigenvalue weighted by Crippen LogP contribution is 2.35. The molecule has 2 aromatic carbocycles. The molecule has 164 valence electrons. The summed E-state index contributed by atoms with van der Waals surface area (Å²) in [5.41, 5.74) is -1.33. The number of hydrogen-bond acceptors (Lipinski definition) is 4. The average Bonchev–Trinajstić information content (AvgIpc) is 2.67. The molecule has 3 rings (SSSR count). The second-order valence-electron chi connectivity index (χ2n) is 6.38. The van der Waals surface area contributed by atoms with Crippen LogP contribution in [0.1, 0.15) is 5.56 Å². The SMILES string of the molecule is O=S(=O)(c1ccc(F)cc1F)N1CCN(S(=O)(=O)c2ccccc2C(F)(F)F)CC1. The van der Waals surface area contributed by atoms with Crippen molar-refractivity contribution in [3.63, 3.8) is 0 Å². The molecule has 1 heterocycles. The lowest BCUT2D eigenvalue weighted by Gasteiger charge is -2.33. The van der Waals surface area contributed by atoms with Crippen LogP contribution in [-0.4, -0.2) is 51.6 Å². The highest BCUT2D eigenvalue weighted by Gasteiger charge is 2.40. The number of sulfonamides is 2. The van der Waals surface area contributed by atoms with Gasteiger partial charge in [0.1, 0.15) is 16.5 Å². The molecular weight excluding hydrogens is 455 g/mol. The van der Waals surface area contributed by atoms with Gasteiger partial charge in [-0.15, -0.1) is 0 Å². The molecule has 0 aliphatic carbocycles. The van der Waals surface area contributed by atoms with Gasteiger partial charge < -0.3 is 0 Å². The number of hydrogen-bond donors (Lipinski definition) is 0. The summed E-state index contributed by atoms with van der Waals surface area (Å²) in [6.07, 6.45) is -4.89. The normalized spacial score (nSPS) is 17.2. The van der Waals surface area contributed by atoms with Gasteiger partial charge in [-0.1, -0.05) is 12.1 Å². The van der Waals surface area contributed by atoms with Crippen molar-refractivity contribution in [2.75, 3.05) is 26.2 Å². The third-order valence-corrected chi connectivity index (χ3v) is 8.41. The second-order valence-corrected chi connectivity index (χ2v) is 10.2. The number of benzene rings is 2. The van der Waals surface area contributed by atoms with E-state index >= 15 is 0 Å². The van der Waals surface area contributed by atoms with Gasteiger partial charge in [-0.3, -0.25) is 0 Å². The van der Waals surface area contributed by atoms with E-state index in [1.807, 2.05) is 0 Å². The predicted octanol–water partition coefficient (Wildman–Crippen LogP) is 2.68. The van der Waals surface area contributed by atoms with Crippen LogP contribution in [0.3, 0.4) is 0 Å². The van der Waals surface area contributed by atoms with Gasteiger partial charge in [0, 0.05) is 32.2 Å².